The van der Waals surface area contributed by atoms with E-state index in [4.69, 9.17) is 4.52 Å². The van der Waals surface area contributed by atoms with Crippen LogP contribution in [0, 0.1) is 6.92 Å². The molecule has 88 valence electrons. The monoisotopic (exact) mass is 232 g/mol. The number of nitrogens with zero attached hydrogens (tertiary/aromatic N) is 2. The smallest absolute Gasteiger partial charge is 0.329 e. The lowest BCUT2D eigenvalue weighted by Crippen LogP contribution is -2.28. The first-order chi connectivity index (χ1) is 8.24. The van der Waals surface area contributed by atoms with E-state index in [0.717, 1.165) is 5.56 Å². The molecule has 0 saturated carbocycles. The fraction of sp³-hybridized carbons (Fsp3) is 0.182. The molecule has 0 atom stereocenters. The Labute approximate surface area is 98.0 Å². The van der Waals surface area contributed by atoms with Crippen LogP contribution in [0.5, 0.6) is 0 Å². The molecular formula is C11H12N4O2. The second-order valence-corrected chi connectivity index (χ2v) is 3.44. The summed E-state index contributed by atoms with van der Waals surface area (Å²) in [5.41, 5.74) is 1.02. The normalized spacial score (nSPS) is 9.94. The molecule has 2 amide bonds. The molecular weight excluding hydrogens is 220 g/mol. The summed E-state index contributed by atoms with van der Waals surface area (Å²) >= 11 is 0. The maximum Gasteiger partial charge on any atom is 0.329 e. The van der Waals surface area contributed by atoms with E-state index in [1.54, 1.807) is 6.92 Å². The van der Waals surface area contributed by atoms with Gasteiger partial charge in [0.15, 0.2) is 5.82 Å². The number of hydrogen-bond donors (Lipinski definition) is 2. The Kier molecular flexibility index (Phi) is 3.34. The minimum atomic E-state index is -0.377. The van der Waals surface area contributed by atoms with Gasteiger partial charge in [0.1, 0.15) is 0 Å². The average Bonchev–Trinajstić information content (AvgIpc) is 2.73. The van der Waals surface area contributed by atoms with Crippen molar-refractivity contribution in [1.29, 1.82) is 0 Å². The van der Waals surface area contributed by atoms with E-state index >= 15 is 0 Å². The Morgan fingerprint density at radius 1 is 1.35 bits per heavy atom. The predicted octanol–water partition coefficient (Wildman–Crippen LogP) is 1.70. The van der Waals surface area contributed by atoms with E-state index in [2.05, 4.69) is 20.8 Å². The van der Waals surface area contributed by atoms with Gasteiger partial charge in [-0.25, -0.2) is 4.79 Å². The van der Waals surface area contributed by atoms with Crippen molar-refractivity contribution in [3.63, 3.8) is 0 Å². The van der Waals surface area contributed by atoms with E-state index in [-0.39, 0.29) is 12.0 Å². The highest BCUT2D eigenvalue weighted by Crippen LogP contribution is 2.02. The van der Waals surface area contributed by atoms with Crippen molar-refractivity contribution in [2.75, 3.05) is 5.32 Å². The van der Waals surface area contributed by atoms with Crippen molar-refractivity contribution >= 4 is 12.0 Å². The van der Waals surface area contributed by atoms with E-state index in [9.17, 15) is 4.79 Å². The molecule has 0 unspecified atom stereocenters. The summed E-state index contributed by atoms with van der Waals surface area (Å²) in [6.45, 7) is 2.12. The van der Waals surface area contributed by atoms with Gasteiger partial charge < -0.3 is 9.84 Å². The minimum absolute atomic E-state index is 0.0908. The molecule has 1 aromatic carbocycles. The number of aryl methyl sites for hydroxylation is 1. The number of amides is 2. The van der Waals surface area contributed by atoms with Crippen molar-refractivity contribution in [2.45, 2.75) is 13.5 Å². The Morgan fingerprint density at radius 3 is 2.76 bits per heavy atom. The number of aromatic nitrogens is 2. The molecule has 0 fully saturated rings. The Balaban J connectivity index is 1.82. The van der Waals surface area contributed by atoms with E-state index < -0.39 is 0 Å². The average molecular weight is 232 g/mol. The lowest BCUT2D eigenvalue weighted by atomic mass is 10.2. The Bertz CT molecular complexity index is 495. The fourth-order valence-electron chi connectivity index (χ4n) is 1.27. The second kappa shape index (κ2) is 5.11. The van der Waals surface area contributed by atoms with Gasteiger partial charge in [0.25, 0.3) is 0 Å². The van der Waals surface area contributed by atoms with Crippen LogP contribution in [0.1, 0.15) is 11.4 Å². The molecule has 0 aliphatic carbocycles. The van der Waals surface area contributed by atoms with Gasteiger partial charge in [0.2, 0.25) is 0 Å². The summed E-state index contributed by atoms with van der Waals surface area (Å²) in [7, 11) is 0. The highest BCUT2D eigenvalue weighted by molar-refractivity contribution is 5.86. The maximum atomic E-state index is 11.4. The number of nitrogens with one attached hydrogen (secondary N) is 2. The van der Waals surface area contributed by atoms with Crippen LogP contribution in [-0.2, 0) is 6.54 Å². The first-order valence-corrected chi connectivity index (χ1v) is 5.13. The highest BCUT2D eigenvalue weighted by Gasteiger charge is 2.06. The van der Waals surface area contributed by atoms with Crippen molar-refractivity contribution in [3.8, 4) is 0 Å². The molecule has 1 heterocycles. The van der Waals surface area contributed by atoms with Crippen LogP contribution < -0.4 is 10.6 Å². The first kappa shape index (κ1) is 11.1. The molecule has 0 aliphatic heterocycles. The zero-order chi connectivity index (χ0) is 12.1. The molecule has 2 aromatic rings. The van der Waals surface area contributed by atoms with Crippen molar-refractivity contribution in [3.05, 3.63) is 41.7 Å². The number of hydrogen-bond acceptors (Lipinski definition) is 4. The molecule has 0 radical (unpaired) electrons. The van der Waals surface area contributed by atoms with Crippen LogP contribution in [0.3, 0.4) is 0 Å². The van der Waals surface area contributed by atoms with E-state index in [1.807, 2.05) is 30.3 Å². The number of benzene rings is 1. The molecule has 0 saturated heterocycles. The van der Waals surface area contributed by atoms with Crippen molar-refractivity contribution in [2.24, 2.45) is 0 Å². The highest BCUT2D eigenvalue weighted by atomic mass is 16.5. The fourth-order valence-corrected chi connectivity index (χ4v) is 1.27. The first-order valence-electron chi connectivity index (χ1n) is 5.13. The third-order valence-electron chi connectivity index (χ3n) is 2.04. The van der Waals surface area contributed by atoms with Gasteiger partial charge in [-0.05, 0) is 12.5 Å². The third-order valence-corrected chi connectivity index (χ3v) is 2.04. The zero-order valence-electron chi connectivity index (χ0n) is 9.30. The van der Waals surface area contributed by atoms with Gasteiger partial charge in [-0.1, -0.05) is 35.5 Å². The van der Waals surface area contributed by atoms with Crippen LogP contribution in [0.4, 0.5) is 10.8 Å². The SMILES string of the molecule is Cc1noc(NC(=O)NCc2ccccc2)n1. The molecule has 2 rings (SSSR count). The van der Waals surface area contributed by atoms with Crippen LogP contribution in [-0.4, -0.2) is 16.2 Å². The third kappa shape index (κ3) is 3.30. The lowest BCUT2D eigenvalue weighted by molar-refractivity contribution is 0.250. The molecule has 1 aromatic heterocycles. The van der Waals surface area contributed by atoms with Gasteiger partial charge in [-0.3, -0.25) is 5.32 Å². The van der Waals surface area contributed by atoms with Crippen molar-refractivity contribution in [1.82, 2.24) is 15.5 Å². The number of anilines is 1. The Hall–Kier alpha value is -2.37. The standard InChI is InChI=1S/C11H12N4O2/c1-8-13-11(17-15-8)14-10(16)12-7-9-5-3-2-4-6-9/h2-6H,7H2,1H3,(H2,12,13,14,15,16). The van der Waals surface area contributed by atoms with Gasteiger partial charge in [-0.2, -0.15) is 4.98 Å². The number of carbonyl (C=O) groups excluding carboxylic acids is 1. The molecule has 0 spiro atoms. The summed E-state index contributed by atoms with van der Waals surface area (Å²) in [4.78, 5) is 15.3. The molecule has 6 nitrogen and oxygen atoms in total. The number of rotatable bonds is 3. The summed E-state index contributed by atoms with van der Waals surface area (Å²) in [6, 6.07) is 9.32. The molecule has 17 heavy (non-hydrogen) atoms. The summed E-state index contributed by atoms with van der Waals surface area (Å²) < 4.78 is 4.75. The summed E-state index contributed by atoms with van der Waals surface area (Å²) in [5.74, 6) is 0.475. The van der Waals surface area contributed by atoms with Gasteiger partial charge >= 0.3 is 12.0 Å². The summed E-state index contributed by atoms with van der Waals surface area (Å²) in [6.07, 6.45) is 0. The van der Waals surface area contributed by atoms with Crippen LogP contribution >= 0.6 is 0 Å². The van der Waals surface area contributed by atoms with E-state index in [1.165, 1.54) is 0 Å². The quantitative estimate of drug-likeness (QED) is 0.844. The van der Waals surface area contributed by atoms with Crippen molar-refractivity contribution < 1.29 is 9.32 Å². The van der Waals surface area contributed by atoms with Crippen LogP contribution in [0.15, 0.2) is 34.9 Å². The lowest BCUT2D eigenvalue weighted by Gasteiger charge is -2.04. The van der Waals surface area contributed by atoms with Crippen LogP contribution in [0.25, 0.3) is 0 Å². The maximum absolute atomic E-state index is 11.4. The summed E-state index contributed by atoms with van der Waals surface area (Å²) in [5, 5.41) is 8.68. The largest absolute Gasteiger partial charge is 0.334 e. The number of urea groups is 1. The van der Waals surface area contributed by atoms with Gasteiger partial charge in [0, 0.05) is 6.54 Å². The predicted molar refractivity (Wildman–Crippen MR) is 61.3 cm³/mol. The Morgan fingerprint density at radius 2 is 2.12 bits per heavy atom. The van der Waals surface area contributed by atoms with Gasteiger partial charge in [0.05, 0.1) is 0 Å². The van der Waals surface area contributed by atoms with Gasteiger partial charge in [-0.15, -0.1) is 0 Å². The van der Waals surface area contributed by atoms with E-state index in [0.29, 0.717) is 12.4 Å². The molecule has 2 N–H and O–H groups in total. The zero-order valence-corrected chi connectivity index (χ0v) is 9.30. The second-order valence-electron chi connectivity index (χ2n) is 3.44. The van der Waals surface area contributed by atoms with Crippen LogP contribution in [0.2, 0.25) is 0 Å². The molecule has 0 bridgehead atoms. The number of carbonyl (C=O) groups is 1. The molecule has 0 aliphatic rings. The topological polar surface area (TPSA) is 80.0 Å². The molecule has 6 heteroatoms. The minimum Gasteiger partial charge on any atom is -0.334 e.